The summed E-state index contributed by atoms with van der Waals surface area (Å²) < 4.78 is 26.5. The zero-order chi connectivity index (χ0) is 18.5. The minimum atomic E-state index is -0.808. The third-order valence-corrected chi connectivity index (χ3v) is 5.50. The summed E-state index contributed by atoms with van der Waals surface area (Å²) in [5.41, 5.74) is 6.74. The molecule has 5 nitrogen and oxygen atoms in total. The molecule has 0 radical (unpaired) electrons. The van der Waals surface area contributed by atoms with E-state index in [0.29, 0.717) is 24.5 Å². The van der Waals surface area contributed by atoms with Crippen molar-refractivity contribution in [1.82, 2.24) is 10.2 Å². The van der Waals surface area contributed by atoms with E-state index in [9.17, 15) is 8.78 Å². The molecule has 1 aromatic carbocycles. The summed E-state index contributed by atoms with van der Waals surface area (Å²) >= 11 is 0. The maximum Gasteiger partial charge on any atom is 0.188 e. The zero-order valence-electron chi connectivity index (χ0n) is 15.4. The van der Waals surface area contributed by atoms with Crippen LogP contribution in [0.5, 0.6) is 0 Å². The third-order valence-electron chi connectivity index (χ3n) is 5.50. The van der Waals surface area contributed by atoms with E-state index in [-0.39, 0.29) is 0 Å². The van der Waals surface area contributed by atoms with Gasteiger partial charge in [0.2, 0.25) is 0 Å². The Hall–Kier alpha value is -1.89. The molecule has 1 aromatic rings. The van der Waals surface area contributed by atoms with Crippen molar-refractivity contribution in [3.8, 4) is 0 Å². The number of hydrogen-bond donors (Lipinski definition) is 2. The third kappa shape index (κ3) is 4.63. The van der Waals surface area contributed by atoms with Crippen molar-refractivity contribution in [2.45, 2.75) is 32.2 Å². The van der Waals surface area contributed by atoms with Crippen LogP contribution in [0.25, 0.3) is 0 Å². The van der Waals surface area contributed by atoms with E-state index in [1.54, 1.807) is 6.07 Å². The van der Waals surface area contributed by atoms with Crippen molar-refractivity contribution in [2.24, 2.45) is 16.6 Å². The second-order valence-electron chi connectivity index (χ2n) is 7.23. The Kier molecular flexibility index (Phi) is 6.29. The standard InChI is InChI=1S/C19H29F2N5/c1-2-25-8-3-4-16(25)12-24-19(22)23-11-14-7-9-26(13-14)15-5-6-17(20)18(21)10-15/h5-6,10,14,16H,2-4,7-9,11-13H2,1H3,(H3,22,23,24). The van der Waals surface area contributed by atoms with Gasteiger partial charge in [-0.3, -0.25) is 9.89 Å². The first-order valence-electron chi connectivity index (χ1n) is 9.54. The lowest BCUT2D eigenvalue weighted by Gasteiger charge is -2.23. The van der Waals surface area contributed by atoms with Crippen LogP contribution < -0.4 is 16.0 Å². The molecule has 0 bridgehead atoms. The Morgan fingerprint density at radius 2 is 2.12 bits per heavy atom. The average Bonchev–Trinajstić information content (AvgIpc) is 3.29. The fourth-order valence-electron chi connectivity index (χ4n) is 3.95. The van der Waals surface area contributed by atoms with Gasteiger partial charge < -0.3 is 16.0 Å². The lowest BCUT2D eigenvalue weighted by atomic mass is 10.1. The molecule has 2 heterocycles. The first-order chi connectivity index (χ1) is 12.6. The molecule has 26 heavy (non-hydrogen) atoms. The van der Waals surface area contributed by atoms with Gasteiger partial charge in [0.15, 0.2) is 17.6 Å². The monoisotopic (exact) mass is 365 g/mol. The molecule has 2 unspecified atom stereocenters. The molecule has 0 saturated carbocycles. The van der Waals surface area contributed by atoms with Gasteiger partial charge in [-0.2, -0.15) is 0 Å². The lowest BCUT2D eigenvalue weighted by Crippen LogP contribution is -2.42. The summed E-state index contributed by atoms with van der Waals surface area (Å²) in [6.07, 6.45) is 3.43. The number of aliphatic imine (C=N–C) groups is 1. The molecule has 2 saturated heterocycles. The van der Waals surface area contributed by atoms with E-state index in [0.717, 1.165) is 38.3 Å². The number of hydrogen-bond acceptors (Lipinski definition) is 3. The molecule has 2 atom stereocenters. The Labute approximate surface area is 154 Å². The minimum Gasteiger partial charge on any atom is -0.371 e. The van der Waals surface area contributed by atoms with Crippen LogP contribution in [-0.2, 0) is 0 Å². The predicted molar refractivity (Wildman–Crippen MR) is 101 cm³/mol. The highest BCUT2D eigenvalue weighted by Gasteiger charge is 2.24. The summed E-state index contributed by atoms with van der Waals surface area (Å²) in [5, 5.41) is 3.25. The second-order valence-corrected chi connectivity index (χ2v) is 7.23. The number of likely N-dealkylation sites (N-methyl/N-ethyl adjacent to an activating group) is 1. The summed E-state index contributed by atoms with van der Waals surface area (Å²) in [7, 11) is 0. The highest BCUT2D eigenvalue weighted by molar-refractivity contribution is 5.77. The molecular formula is C19H29F2N5. The molecule has 0 spiro atoms. The molecule has 3 N–H and O–H groups in total. The van der Waals surface area contributed by atoms with Gasteiger partial charge in [0, 0.05) is 44.0 Å². The Balaban J connectivity index is 1.44. The van der Waals surface area contributed by atoms with E-state index in [4.69, 9.17) is 5.73 Å². The first-order valence-corrected chi connectivity index (χ1v) is 9.54. The van der Waals surface area contributed by atoms with Crippen molar-refractivity contribution in [3.05, 3.63) is 29.8 Å². The maximum atomic E-state index is 13.4. The van der Waals surface area contributed by atoms with Crippen molar-refractivity contribution < 1.29 is 8.78 Å². The largest absolute Gasteiger partial charge is 0.371 e. The van der Waals surface area contributed by atoms with Crippen LogP contribution >= 0.6 is 0 Å². The molecule has 144 valence electrons. The van der Waals surface area contributed by atoms with Gasteiger partial charge in [-0.1, -0.05) is 6.92 Å². The highest BCUT2D eigenvalue weighted by atomic mass is 19.2. The number of guanidine groups is 1. The van der Waals surface area contributed by atoms with Crippen molar-refractivity contribution in [1.29, 1.82) is 0 Å². The number of rotatable bonds is 6. The Morgan fingerprint density at radius 3 is 2.88 bits per heavy atom. The van der Waals surface area contributed by atoms with Crippen LogP contribution in [-0.4, -0.2) is 56.2 Å². The van der Waals surface area contributed by atoms with E-state index in [2.05, 4.69) is 27.0 Å². The highest BCUT2D eigenvalue weighted by Crippen LogP contribution is 2.25. The van der Waals surface area contributed by atoms with E-state index >= 15 is 0 Å². The normalized spacial score (nSPS) is 24.4. The molecule has 2 fully saturated rings. The van der Waals surface area contributed by atoms with Crippen molar-refractivity contribution >= 4 is 11.6 Å². The number of likely N-dealkylation sites (tertiary alicyclic amines) is 1. The average molecular weight is 365 g/mol. The Morgan fingerprint density at radius 1 is 1.27 bits per heavy atom. The van der Waals surface area contributed by atoms with Gasteiger partial charge in [0.1, 0.15) is 0 Å². The van der Waals surface area contributed by atoms with Gasteiger partial charge in [-0.25, -0.2) is 8.78 Å². The number of halogens is 2. The summed E-state index contributed by atoms with van der Waals surface area (Å²) in [6.45, 7) is 7.54. The molecule has 7 heteroatoms. The number of nitrogens with zero attached hydrogens (tertiary/aromatic N) is 3. The molecule has 3 rings (SSSR count). The van der Waals surface area contributed by atoms with Gasteiger partial charge in [-0.05, 0) is 50.4 Å². The number of benzene rings is 1. The molecule has 2 aliphatic rings. The quantitative estimate of drug-likeness (QED) is 0.599. The summed E-state index contributed by atoms with van der Waals surface area (Å²) in [5.74, 6) is -0.733. The number of nitrogens with two attached hydrogens (primary N) is 1. The van der Waals surface area contributed by atoms with Gasteiger partial charge >= 0.3 is 0 Å². The van der Waals surface area contributed by atoms with Crippen LogP contribution in [0.1, 0.15) is 26.2 Å². The van der Waals surface area contributed by atoms with Gasteiger partial charge in [-0.15, -0.1) is 0 Å². The molecule has 0 aromatic heterocycles. The maximum absolute atomic E-state index is 13.4. The van der Waals surface area contributed by atoms with Crippen molar-refractivity contribution in [2.75, 3.05) is 44.2 Å². The first kappa shape index (κ1) is 18.9. The van der Waals surface area contributed by atoms with Gasteiger partial charge in [0.25, 0.3) is 0 Å². The molecule has 2 aliphatic heterocycles. The fraction of sp³-hybridized carbons (Fsp3) is 0.632. The van der Waals surface area contributed by atoms with Crippen LogP contribution in [0.3, 0.4) is 0 Å². The minimum absolute atomic E-state index is 0.377. The molecule has 0 aliphatic carbocycles. The number of nitrogens with one attached hydrogen (secondary N) is 1. The predicted octanol–water partition coefficient (Wildman–Crippen LogP) is 2.18. The second kappa shape index (κ2) is 8.66. The summed E-state index contributed by atoms with van der Waals surface area (Å²) in [4.78, 5) is 9.02. The van der Waals surface area contributed by atoms with Crippen LogP contribution in [0.15, 0.2) is 23.2 Å². The zero-order valence-corrected chi connectivity index (χ0v) is 15.4. The van der Waals surface area contributed by atoms with Crippen molar-refractivity contribution in [3.63, 3.8) is 0 Å². The van der Waals surface area contributed by atoms with Crippen LogP contribution in [0.2, 0.25) is 0 Å². The van der Waals surface area contributed by atoms with Crippen LogP contribution in [0, 0.1) is 17.6 Å². The van der Waals surface area contributed by atoms with Crippen LogP contribution in [0.4, 0.5) is 14.5 Å². The topological polar surface area (TPSA) is 56.9 Å². The SMILES string of the molecule is CCN1CCCC1CNC(N)=NCC1CCN(c2ccc(F)c(F)c2)C1. The smallest absolute Gasteiger partial charge is 0.188 e. The van der Waals surface area contributed by atoms with E-state index < -0.39 is 11.6 Å². The summed E-state index contributed by atoms with van der Waals surface area (Å²) in [6, 6.07) is 4.61. The van der Waals surface area contributed by atoms with Gasteiger partial charge in [0.05, 0.1) is 0 Å². The van der Waals surface area contributed by atoms with E-state index in [1.165, 1.54) is 31.5 Å². The fourth-order valence-corrected chi connectivity index (χ4v) is 3.95. The molecular weight excluding hydrogens is 336 g/mol. The number of anilines is 1. The Bertz CT molecular complexity index is 636. The lowest BCUT2D eigenvalue weighted by molar-refractivity contribution is 0.267. The van der Waals surface area contributed by atoms with E-state index in [1.807, 2.05) is 0 Å². The molecule has 0 amide bonds.